The van der Waals surface area contributed by atoms with E-state index in [9.17, 15) is 10.1 Å². The lowest BCUT2D eigenvalue weighted by atomic mass is 9.98. The number of aromatic nitrogens is 4. The summed E-state index contributed by atoms with van der Waals surface area (Å²) in [4.78, 5) is 26.6. The molecule has 5 rings (SSSR count). The number of nitrogen functional groups attached to an aromatic ring is 1. The topological polar surface area (TPSA) is 135 Å². The summed E-state index contributed by atoms with van der Waals surface area (Å²) in [7, 11) is 1.81. The number of nitrogens with zero attached hydrogens (tertiary/aromatic N) is 5. The molecule has 2 aromatic carbocycles. The Labute approximate surface area is 213 Å². The van der Waals surface area contributed by atoms with E-state index in [1.807, 2.05) is 73.7 Å². The highest BCUT2D eigenvalue weighted by molar-refractivity contribution is 5.96. The summed E-state index contributed by atoms with van der Waals surface area (Å²) in [6.07, 6.45) is 3.10. The van der Waals surface area contributed by atoms with Gasteiger partial charge in [-0.1, -0.05) is 36.4 Å². The number of nitrogens with one attached hydrogen (secondary N) is 2. The number of benzene rings is 2. The van der Waals surface area contributed by atoms with Gasteiger partial charge in [-0.15, -0.1) is 0 Å². The van der Waals surface area contributed by atoms with Gasteiger partial charge in [0.1, 0.15) is 23.3 Å². The predicted octanol–water partition coefficient (Wildman–Crippen LogP) is 4.51. The molecule has 0 radical (unpaired) electrons. The molecule has 0 fully saturated rings. The highest BCUT2D eigenvalue weighted by atomic mass is 16.1. The maximum absolute atomic E-state index is 14.2. The second kappa shape index (κ2) is 9.79. The third-order valence-electron chi connectivity index (χ3n) is 6.14. The van der Waals surface area contributed by atoms with Gasteiger partial charge in [0.25, 0.3) is 5.56 Å². The second-order valence-electron chi connectivity index (χ2n) is 8.46. The lowest BCUT2D eigenvalue weighted by molar-refractivity contribution is 0.772. The average molecular weight is 489 g/mol. The standard InChI is InChI=1S/C28H24N8O/c1-17(34-26-20(15-29)16-33-28(30)35-26)23-13-19-7-6-10-22(18-11-12-32-24(14-18)31-2)25(19)27(37)36(23)21-8-4-3-5-9-21/h3-14,16-17H,1-2H3,(H,31,32)(H3,30,33,34,35). The Balaban J connectivity index is 1.74. The highest BCUT2D eigenvalue weighted by Gasteiger charge is 2.20. The number of hydrogen-bond donors (Lipinski definition) is 3. The minimum Gasteiger partial charge on any atom is -0.373 e. The molecule has 0 saturated heterocycles. The number of nitriles is 1. The van der Waals surface area contributed by atoms with E-state index in [1.165, 1.54) is 6.20 Å². The van der Waals surface area contributed by atoms with Crippen molar-refractivity contribution < 1.29 is 0 Å². The van der Waals surface area contributed by atoms with Crippen LogP contribution in [0.3, 0.4) is 0 Å². The minimum atomic E-state index is -0.404. The maximum atomic E-state index is 14.2. The van der Waals surface area contributed by atoms with Crippen LogP contribution in [0.1, 0.15) is 24.2 Å². The van der Waals surface area contributed by atoms with Gasteiger partial charge in [-0.05, 0) is 53.8 Å². The van der Waals surface area contributed by atoms with Crippen LogP contribution >= 0.6 is 0 Å². The second-order valence-corrected chi connectivity index (χ2v) is 8.46. The van der Waals surface area contributed by atoms with Crippen LogP contribution in [0.15, 0.2) is 83.9 Å². The zero-order chi connectivity index (χ0) is 25.9. The molecule has 0 bridgehead atoms. The average Bonchev–Trinajstić information content (AvgIpc) is 2.93. The molecule has 3 heterocycles. The van der Waals surface area contributed by atoms with Crippen LogP contribution in [0.4, 0.5) is 17.6 Å². The zero-order valence-corrected chi connectivity index (χ0v) is 20.3. The summed E-state index contributed by atoms with van der Waals surface area (Å²) in [6.45, 7) is 1.91. The number of anilines is 3. The molecule has 0 amide bonds. The fraction of sp³-hybridized carbons (Fsp3) is 0.107. The molecule has 0 aliphatic heterocycles. The Kier molecular flexibility index (Phi) is 6.22. The van der Waals surface area contributed by atoms with Crippen LogP contribution in [0, 0.1) is 11.3 Å². The Morgan fingerprint density at radius 1 is 1.05 bits per heavy atom. The summed E-state index contributed by atoms with van der Waals surface area (Å²) in [5.41, 5.74) is 9.00. The number of hydrogen-bond acceptors (Lipinski definition) is 8. The molecular weight excluding hydrogens is 464 g/mol. The van der Waals surface area contributed by atoms with Crippen LogP contribution in [-0.2, 0) is 0 Å². The van der Waals surface area contributed by atoms with Gasteiger partial charge in [0, 0.05) is 24.6 Å². The van der Waals surface area contributed by atoms with Crippen molar-refractivity contribution in [2.45, 2.75) is 13.0 Å². The molecule has 0 saturated carbocycles. The van der Waals surface area contributed by atoms with Gasteiger partial charge in [-0.25, -0.2) is 9.97 Å². The van der Waals surface area contributed by atoms with Crippen molar-refractivity contribution >= 4 is 28.4 Å². The molecule has 0 aliphatic rings. The van der Waals surface area contributed by atoms with Gasteiger partial charge >= 0.3 is 0 Å². The quantitative estimate of drug-likeness (QED) is 0.318. The number of fused-ring (bicyclic) bond motifs is 1. The molecule has 37 heavy (non-hydrogen) atoms. The zero-order valence-electron chi connectivity index (χ0n) is 20.3. The molecule has 1 atom stereocenters. The van der Waals surface area contributed by atoms with E-state index in [4.69, 9.17) is 5.73 Å². The first kappa shape index (κ1) is 23.5. The van der Waals surface area contributed by atoms with E-state index in [2.05, 4.69) is 31.7 Å². The van der Waals surface area contributed by atoms with Gasteiger partial charge in [-0.2, -0.15) is 10.2 Å². The summed E-state index contributed by atoms with van der Waals surface area (Å²) in [5, 5.41) is 17.2. The maximum Gasteiger partial charge on any atom is 0.263 e. The van der Waals surface area contributed by atoms with Crippen molar-refractivity contribution in [3.8, 4) is 22.9 Å². The van der Waals surface area contributed by atoms with Gasteiger partial charge in [-0.3, -0.25) is 9.36 Å². The van der Waals surface area contributed by atoms with Crippen molar-refractivity contribution in [3.63, 3.8) is 0 Å². The first-order valence-corrected chi connectivity index (χ1v) is 11.7. The highest BCUT2D eigenvalue weighted by Crippen LogP contribution is 2.31. The van der Waals surface area contributed by atoms with E-state index in [1.54, 1.807) is 17.8 Å². The van der Waals surface area contributed by atoms with Crippen molar-refractivity contribution in [3.05, 3.63) is 101 Å². The molecule has 9 heteroatoms. The van der Waals surface area contributed by atoms with Gasteiger partial charge in [0.2, 0.25) is 5.95 Å². The van der Waals surface area contributed by atoms with Crippen molar-refractivity contribution in [1.29, 1.82) is 5.26 Å². The van der Waals surface area contributed by atoms with E-state index >= 15 is 0 Å². The molecule has 3 aromatic heterocycles. The van der Waals surface area contributed by atoms with Crippen LogP contribution in [0.5, 0.6) is 0 Å². The van der Waals surface area contributed by atoms with E-state index < -0.39 is 6.04 Å². The van der Waals surface area contributed by atoms with Crippen LogP contribution < -0.4 is 21.9 Å². The normalized spacial score (nSPS) is 11.6. The molecule has 182 valence electrons. The molecule has 1 unspecified atom stereocenters. The fourth-order valence-corrected chi connectivity index (χ4v) is 4.39. The Bertz CT molecular complexity index is 1710. The number of nitrogens with two attached hydrogens (primary N) is 1. The van der Waals surface area contributed by atoms with Gasteiger partial charge in [0.05, 0.1) is 17.6 Å². The minimum absolute atomic E-state index is 0.0515. The van der Waals surface area contributed by atoms with E-state index in [0.717, 1.165) is 22.2 Å². The van der Waals surface area contributed by atoms with Crippen molar-refractivity contribution in [1.82, 2.24) is 19.5 Å². The molecule has 5 aromatic rings. The molecule has 4 N–H and O–H groups in total. The number of rotatable bonds is 6. The number of para-hydroxylation sites is 1. The Hall–Kier alpha value is -5.23. The van der Waals surface area contributed by atoms with E-state index in [0.29, 0.717) is 22.7 Å². The lowest BCUT2D eigenvalue weighted by Crippen LogP contribution is -2.26. The monoisotopic (exact) mass is 488 g/mol. The third kappa shape index (κ3) is 4.44. The lowest BCUT2D eigenvalue weighted by Gasteiger charge is -2.22. The smallest absolute Gasteiger partial charge is 0.263 e. The first-order valence-electron chi connectivity index (χ1n) is 11.7. The third-order valence-corrected chi connectivity index (χ3v) is 6.14. The molecule has 0 aliphatic carbocycles. The molecule has 0 spiro atoms. The van der Waals surface area contributed by atoms with Gasteiger partial charge in [0.15, 0.2) is 0 Å². The van der Waals surface area contributed by atoms with Crippen LogP contribution in [-0.4, -0.2) is 26.6 Å². The van der Waals surface area contributed by atoms with Crippen LogP contribution in [0.2, 0.25) is 0 Å². The summed E-state index contributed by atoms with van der Waals surface area (Å²) >= 11 is 0. The fourth-order valence-electron chi connectivity index (χ4n) is 4.39. The van der Waals surface area contributed by atoms with Crippen molar-refractivity contribution in [2.24, 2.45) is 0 Å². The summed E-state index contributed by atoms with van der Waals surface area (Å²) in [5.74, 6) is 1.07. The van der Waals surface area contributed by atoms with Crippen LogP contribution in [0.25, 0.3) is 27.6 Å². The molecular formula is C28H24N8O. The SMILES string of the molecule is CNc1cc(-c2cccc3cc(C(C)Nc4nc(N)ncc4C#N)n(-c4ccccc4)c(=O)c23)ccn1. The molecule has 9 nitrogen and oxygen atoms in total. The van der Waals surface area contributed by atoms with Crippen molar-refractivity contribution in [2.75, 3.05) is 23.4 Å². The Morgan fingerprint density at radius 2 is 1.86 bits per heavy atom. The summed E-state index contributed by atoms with van der Waals surface area (Å²) < 4.78 is 1.69. The summed E-state index contributed by atoms with van der Waals surface area (Å²) in [6, 6.07) is 22.7. The van der Waals surface area contributed by atoms with E-state index in [-0.39, 0.29) is 17.1 Å². The first-order chi connectivity index (χ1) is 18.0. The van der Waals surface area contributed by atoms with Gasteiger partial charge < -0.3 is 16.4 Å². The largest absolute Gasteiger partial charge is 0.373 e. The predicted molar refractivity (Wildman–Crippen MR) is 146 cm³/mol. The Morgan fingerprint density at radius 3 is 2.62 bits per heavy atom. The number of pyridine rings is 2.